The molecule has 144 valence electrons. The Balaban J connectivity index is 1.39. The third-order valence-corrected chi connectivity index (χ3v) is 4.51. The monoisotopic (exact) mass is 374 g/mol. The lowest BCUT2D eigenvalue weighted by molar-refractivity contribution is -0.122. The molecule has 0 bridgehead atoms. The highest BCUT2D eigenvalue weighted by molar-refractivity contribution is 5.81. The van der Waals surface area contributed by atoms with Crippen LogP contribution >= 0.6 is 0 Å². The summed E-state index contributed by atoms with van der Waals surface area (Å²) in [4.78, 5) is 12.2. The largest absolute Gasteiger partial charge is 0.375 e. The van der Waals surface area contributed by atoms with Crippen LogP contribution in [0.15, 0.2) is 84.9 Å². The van der Waals surface area contributed by atoms with Crippen LogP contribution in [0.2, 0.25) is 0 Å². The van der Waals surface area contributed by atoms with Crippen molar-refractivity contribution in [1.29, 1.82) is 0 Å². The van der Waals surface area contributed by atoms with Crippen molar-refractivity contribution in [2.75, 3.05) is 13.2 Å². The Labute approximate surface area is 166 Å². The van der Waals surface area contributed by atoms with Crippen LogP contribution < -0.4 is 11.1 Å². The van der Waals surface area contributed by atoms with Crippen LogP contribution in [-0.4, -0.2) is 25.1 Å². The molecule has 0 aromatic heterocycles. The van der Waals surface area contributed by atoms with Crippen molar-refractivity contribution in [2.45, 2.75) is 19.1 Å². The Kier molecular flexibility index (Phi) is 7.36. The molecule has 0 aliphatic heterocycles. The van der Waals surface area contributed by atoms with Gasteiger partial charge in [-0.3, -0.25) is 4.79 Å². The zero-order chi connectivity index (χ0) is 19.6. The number of ether oxygens (including phenoxy) is 1. The van der Waals surface area contributed by atoms with Gasteiger partial charge in [0, 0.05) is 6.54 Å². The van der Waals surface area contributed by atoms with E-state index in [1.165, 1.54) is 5.56 Å². The van der Waals surface area contributed by atoms with Crippen molar-refractivity contribution >= 4 is 5.91 Å². The van der Waals surface area contributed by atoms with Crippen LogP contribution in [0.1, 0.15) is 11.1 Å². The standard InChI is InChI=1S/C24H26N2O2/c25-23(24(27)26-15-16-28-18-20-7-3-1-4-8-20)17-19-11-13-22(14-12-19)21-9-5-2-6-10-21/h1-14,23H,15-18,25H2,(H,26,27). The lowest BCUT2D eigenvalue weighted by Gasteiger charge is -2.13. The molecule has 0 saturated carbocycles. The number of hydrogen-bond acceptors (Lipinski definition) is 3. The van der Waals surface area contributed by atoms with Crippen molar-refractivity contribution in [3.8, 4) is 11.1 Å². The van der Waals surface area contributed by atoms with Crippen LogP contribution in [0, 0.1) is 0 Å². The van der Waals surface area contributed by atoms with Crippen LogP contribution in [-0.2, 0) is 22.6 Å². The minimum Gasteiger partial charge on any atom is -0.375 e. The summed E-state index contributed by atoms with van der Waals surface area (Å²) >= 11 is 0. The van der Waals surface area contributed by atoms with Crippen molar-refractivity contribution in [3.63, 3.8) is 0 Å². The second-order valence-corrected chi connectivity index (χ2v) is 6.70. The Hall–Kier alpha value is -2.95. The summed E-state index contributed by atoms with van der Waals surface area (Å²) in [5, 5.41) is 2.84. The fourth-order valence-electron chi connectivity index (χ4n) is 2.95. The molecule has 28 heavy (non-hydrogen) atoms. The number of rotatable bonds is 9. The zero-order valence-corrected chi connectivity index (χ0v) is 15.9. The highest BCUT2D eigenvalue weighted by atomic mass is 16.5. The van der Waals surface area contributed by atoms with Crippen LogP contribution in [0.3, 0.4) is 0 Å². The molecule has 3 aromatic rings. The van der Waals surface area contributed by atoms with Gasteiger partial charge in [-0.15, -0.1) is 0 Å². The number of nitrogens with one attached hydrogen (secondary N) is 1. The van der Waals surface area contributed by atoms with E-state index in [4.69, 9.17) is 10.5 Å². The predicted octanol–water partition coefficient (Wildman–Crippen LogP) is 3.56. The summed E-state index contributed by atoms with van der Waals surface area (Å²) in [6.45, 7) is 1.45. The number of carbonyl (C=O) groups excluding carboxylic acids is 1. The molecule has 0 aliphatic carbocycles. The Morgan fingerprint density at radius 1 is 0.821 bits per heavy atom. The molecule has 4 heteroatoms. The van der Waals surface area contributed by atoms with Crippen molar-refractivity contribution in [2.24, 2.45) is 5.73 Å². The highest BCUT2D eigenvalue weighted by Gasteiger charge is 2.13. The maximum Gasteiger partial charge on any atom is 0.237 e. The molecule has 3 N–H and O–H groups in total. The van der Waals surface area contributed by atoms with E-state index in [9.17, 15) is 4.79 Å². The second-order valence-electron chi connectivity index (χ2n) is 6.70. The molecule has 1 unspecified atom stereocenters. The number of benzene rings is 3. The second kappa shape index (κ2) is 10.4. The fourth-order valence-corrected chi connectivity index (χ4v) is 2.95. The van der Waals surface area contributed by atoms with Gasteiger partial charge >= 0.3 is 0 Å². The first-order valence-corrected chi connectivity index (χ1v) is 9.52. The average molecular weight is 374 g/mol. The number of carbonyl (C=O) groups is 1. The number of nitrogens with two attached hydrogens (primary N) is 1. The van der Waals surface area contributed by atoms with E-state index in [2.05, 4.69) is 29.6 Å². The third kappa shape index (κ3) is 6.05. The van der Waals surface area contributed by atoms with E-state index >= 15 is 0 Å². The lowest BCUT2D eigenvalue weighted by atomic mass is 10.0. The van der Waals surface area contributed by atoms with E-state index in [-0.39, 0.29) is 5.91 Å². The third-order valence-electron chi connectivity index (χ3n) is 4.51. The maximum absolute atomic E-state index is 12.2. The SMILES string of the molecule is NC(Cc1ccc(-c2ccccc2)cc1)C(=O)NCCOCc1ccccc1. The fraction of sp³-hybridized carbons (Fsp3) is 0.208. The van der Waals surface area contributed by atoms with E-state index in [0.717, 1.165) is 16.7 Å². The molecule has 0 aliphatic rings. The Morgan fingerprint density at radius 3 is 2.11 bits per heavy atom. The summed E-state index contributed by atoms with van der Waals surface area (Å²) in [7, 11) is 0. The van der Waals surface area contributed by atoms with Gasteiger partial charge in [0.25, 0.3) is 0 Å². The summed E-state index contributed by atoms with van der Waals surface area (Å²) < 4.78 is 5.57. The van der Waals surface area contributed by atoms with E-state index < -0.39 is 6.04 Å². The summed E-state index contributed by atoms with van der Waals surface area (Å²) in [5.41, 5.74) is 10.5. The lowest BCUT2D eigenvalue weighted by Crippen LogP contribution is -2.43. The van der Waals surface area contributed by atoms with Gasteiger partial charge in [0.05, 0.1) is 19.3 Å². The molecule has 1 amide bonds. The molecule has 3 rings (SSSR count). The molecule has 3 aromatic carbocycles. The van der Waals surface area contributed by atoms with Gasteiger partial charge in [-0.1, -0.05) is 84.9 Å². The van der Waals surface area contributed by atoms with Gasteiger partial charge in [-0.2, -0.15) is 0 Å². The molecule has 4 nitrogen and oxygen atoms in total. The molecular formula is C24H26N2O2. The number of amides is 1. The van der Waals surface area contributed by atoms with Gasteiger partial charge in [-0.25, -0.2) is 0 Å². The van der Waals surface area contributed by atoms with Gasteiger partial charge < -0.3 is 15.8 Å². The van der Waals surface area contributed by atoms with Crippen molar-refractivity contribution < 1.29 is 9.53 Å². The zero-order valence-electron chi connectivity index (χ0n) is 15.9. The summed E-state index contributed by atoms with van der Waals surface area (Å²) in [6.07, 6.45) is 0.506. The predicted molar refractivity (Wildman–Crippen MR) is 113 cm³/mol. The van der Waals surface area contributed by atoms with Gasteiger partial charge in [-0.05, 0) is 28.7 Å². The first-order valence-electron chi connectivity index (χ1n) is 9.52. The first-order chi connectivity index (χ1) is 13.7. The summed E-state index contributed by atoms with van der Waals surface area (Å²) in [6, 6.07) is 27.8. The van der Waals surface area contributed by atoms with Crippen LogP contribution in [0.5, 0.6) is 0 Å². The minimum absolute atomic E-state index is 0.157. The summed E-state index contributed by atoms with van der Waals surface area (Å²) in [5.74, 6) is -0.157. The molecule has 0 spiro atoms. The van der Waals surface area contributed by atoms with Crippen LogP contribution in [0.25, 0.3) is 11.1 Å². The Bertz CT molecular complexity index is 849. The number of hydrogen-bond donors (Lipinski definition) is 2. The Morgan fingerprint density at radius 2 is 1.43 bits per heavy atom. The van der Waals surface area contributed by atoms with E-state index in [0.29, 0.717) is 26.2 Å². The van der Waals surface area contributed by atoms with Crippen LogP contribution in [0.4, 0.5) is 0 Å². The molecule has 0 radical (unpaired) electrons. The quantitative estimate of drug-likeness (QED) is 0.563. The molecule has 0 fully saturated rings. The van der Waals surface area contributed by atoms with E-state index in [1.54, 1.807) is 0 Å². The normalized spacial score (nSPS) is 11.8. The molecular weight excluding hydrogens is 348 g/mol. The van der Waals surface area contributed by atoms with Crippen molar-refractivity contribution in [1.82, 2.24) is 5.32 Å². The molecule has 0 saturated heterocycles. The van der Waals surface area contributed by atoms with Gasteiger partial charge in [0.15, 0.2) is 0 Å². The first kappa shape index (κ1) is 19.8. The highest BCUT2D eigenvalue weighted by Crippen LogP contribution is 2.19. The van der Waals surface area contributed by atoms with Gasteiger partial charge in [0.1, 0.15) is 0 Å². The van der Waals surface area contributed by atoms with Gasteiger partial charge in [0.2, 0.25) is 5.91 Å². The van der Waals surface area contributed by atoms with E-state index in [1.807, 2.05) is 60.7 Å². The minimum atomic E-state index is -0.573. The smallest absolute Gasteiger partial charge is 0.237 e. The molecule has 1 atom stereocenters. The molecule has 0 heterocycles. The topological polar surface area (TPSA) is 64.4 Å². The average Bonchev–Trinajstić information content (AvgIpc) is 2.75. The maximum atomic E-state index is 12.2. The van der Waals surface area contributed by atoms with Crippen molar-refractivity contribution in [3.05, 3.63) is 96.1 Å².